The van der Waals surface area contributed by atoms with Crippen LogP contribution < -0.4 is 5.73 Å². The Morgan fingerprint density at radius 1 is 1.75 bits per heavy atom. The van der Waals surface area contributed by atoms with E-state index >= 15 is 0 Å². The van der Waals surface area contributed by atoms with Crippen LogP contribution in [0.2, 0.25) is 0 Å². The zero-order chi connectivity index (χ0) is 8.55. The average Bonchev–Trinajstić information content (AvgIpc) is 2.72. The van der Waals surface area contributed by atoms with Gasteiger partial charge in [-0.2, -0.15) is 0 Å². The number of aromatic nitrogens is 1. The highest BCUT2D eigenvalue weighted by molar-refractivity contribution is 7.09. The van der Waals surface area contributed by atoms with Crippen molar-refractivity contribution in [2.75, 3.05) is 0 Å². The fourth-order valence-corrected chi connectivity index (χ4v) is 2.06. The van der Waals surface area contributed by atoms with Crippen LogP contribution in [0, 0.1) is 12.8 Å². The van der Waals surface area contributed by atoms with E-state index in [2.05, 4.69) is 10.4 Å². The summed E-state index contributed by atoms with van der Waals surface area (Å²) < 4.78 is 0. The summed E-state index contributed by atoms with van der Waals surface area (Å²) in [6, 6.07) is 0.183. The molecule has 2 rings (SSSR count). The topological polar surface area (TPSA) is 38.9 Å². The maximum Gasteiger partial charge on any atom is 0.0898 e. The van der Waals surface area contributed by atoms with Gasteiger partial charge in [-0.1, -0.05) is 12.8 Å². The third-order valence-electron chi connectivity index (χ3n) is 2.30. The van der Waals surface area contributed by atoms with Crippen molar-refractivity contribution in [3.05, 3.63) is 16.1 Å². The van der Waals surface area contributed by atoms with E-state index in [0.717, 1.165) is 23.0 Å². The van der Waals surface area contributed by atoms with Crippen LogP contribution in [0.1, 0.15) is 36.0 Å². The highest BCUT2D eigenvalue weighted by atomic mass is 32.1. The van der Waals surface area contributed by atoms with Gasteiger partial charge in [-0.15, -0.1) is 11.3 Å². The number of thiazole rings is 1. The lowest BCUT2D eigenvalue weighted by Gasteiger charge is -2.06. The average molecular weight is 182 g/mol. The van der Waals surface area contributed by atoms with Crippen molar-refractivity contribution < 1.29 is 0 Å². The molecule has 1 fully saturated rings. The number of nitrogens with two attached hydrogens (primary N) is 1. The van der Waals surface area contributed by atoms with Crippen LogP contribution in [0.4, 0.5) is 0 Å². The zero-order valence-electron chi connectivity index (χ0n) is 7.29. The maximum atomic E-state index is 5.99. The Kier molecular flexibility index (Phi) is 2.15. The Balaban J connectivity index is 1.97. The van der Waals surface area contributed by atoms with Crippen LogP contribution in [-0.4, -0.2) is 4.98 Å². The summed E-state index contributed by atoms with van der Waals surface area (Å²) in [5.74, 6) is 0.891. The summed E-state index contributed by atoms with van der Waals surface area (Å²) >= 11 is 1.69. The standard InChI is InChI=1S/C9H14N2S/c1-6-11-9(5-12-6)8(10)4-7-2-3-7/h5,7-8H,2-4,10H2,1H3. The molecule has 1 unspecified atom stereocenters. The van der Waals surface area contributed by atoms with Gasteiger partial charge in [0, 0.05) is 11.4 Å². The fourth-order valence-electron chi connectivity index (χ4n) is 1.38. The first-order valence-corrected chi connectivity index (χ1v) is 5.31. The molecule has 66 valence electrons. The second kappa shape index (κ2) is 3.15. The normalized spacial score (nSPS) is 19.5. The van der Waals surface area contributed by atoms with E-state index in [1.165, 1.54) is 12.8 Å². The predicted molar refractivity (Wildman–Crippen MR) is 51.1 cm³/mol. The number of nitrogens with zero attached hydrogens (tertiary/aromatic N) is 1. The van der Waals surface area contributed by atoms with Crippen LogP contribution in [0.15, 0.2) is 5.38 Å². The third kappa shape index (κ3) is 1.84. The van der Waals surface area contributed by atoms with Crippen molar-refractivity contribution in [1.82, 2.24) is 4.98 Å². The van der Waals surface area contributed by atoms with Crippen molar-refractivity contribution in [1.29, 1.82) is 0 Å². The van der Waals surface area contributed by atoms with E-state index in [-0.39, 0.29) is 6.04 Å². The van der Waals surface area contributed by atoms with Crippen molar-refractivity contribution in [2.45, 2.75) is 32.2 Å². The molecule has 2 N–H and O–H groups in total. The van der Waals surface area contributed by atoms with Gasteiger partial charge in [0.2, 0.25) is 0 Å². The van der Waals surface area contributed by atoms with Gasteiger partial charge < -0.3 is 5.73 Å². The van der Waals surface area contributed by atoms with Crippen LogP contribution in [0.25, 0.3) is 0 Å². The molecule has 2 nitrogen and oxygen atoms in total. The summed E-state index contributed by atoms with van der Waals surface area (Å²) in [6.45, 7) is 2.03. The molecule has 0 saturated heterocycles. The number of aryl methyl sites for hydroxylation is 1. The predicted octanol–water partition coefficient (Wildman–Crippen LogP) is 2.25. The molecular weight excluding hydrogens is 168 g/mol. The minimum Gasteiger partial charge on any atom is -0.323 e. The van der Waals surface area contributed by atoms with E-state index in [1.807, 2.05) is 6.92 Å². The van der Waals surface area contributed by atoms with Crippen molar-refractivity contribution in [2.24, 2.45) is 11.7 Å². The molecule has 12 heavy (non-hydrogen) atoms. The van der Waals surface area contributed by atoms with Crippen molar-refractivity contribution in [3.8, 4) is 0 Å². The molecule has 0 amide bonds. The van der Waals surface area contributed by atoms with Crippen LogP contribution >= 0.6 is 11.3 Å². The van der Waals surface area contributed by atoms with Gasteiger partial charge in [0.25, 0.3) is 0 Å². The molecule has 1 aromatic heterocycles. The van der Waals surface area contributed by atoms with Gasteiger partial charge in [0.05, 0.1) is 10.7 Å². The second-order valence-corrected chi connectivity index (χ2v) is 4.64. The highest BCUT2D eigenvalue weighted by Crippen LogP contribution is 2.36. The lowest BCUT2D eigenvalue weighted by Crippen LogP contribution is -2.11. The quantitative estimate of drug-likeness (QED) is 0.778. The number of rotatable bonds is 3. The van der Waals surface area contributed by atoms with Crippen LogP contribution in [-0.2, 0) is 0 Å². The zero-order valence-corrected chi connectivity index (χ0v) is 8.10. The second-order valence-electron chi connectivity index (χ2n) is 3.58. The van der Waals surface area contributed by atoms with E-state index in [1.54, 1.807) is 11.3 Å². The van der Waals surface area contributed by atoms with Gasteiger partial charge >= 0.3 is 0 Å². The summed E-state index contributed by atoms with van der Waals surface area (Å²) in [7, 11) is 0. The van der Waals surface area contributed by atoms with Gasteiger partial charge in [0.15, 0.2) is 0 Å². The molecule has 0 radical (unpaired) electrons. The molecule has 1 aliphatic carbocycles. The Morgan fingerprint density at radius 3 is 3.00 bits per heavy atom. The summed E-state index contributed by atoms with van der Waals surface area (Å²) in [4.78, 5) is 4.38. The SMILES string of the molecule is Cc1nc(C(N)CC2CC2)cs1. The molecule has 1 heterocycles. The number of hydrogen-bond donors (Lipinski definition) is 1. The summed E-state index contributed by atoms with van der Waals surface area (Å²) in [6.07, 6.45) is 3.87. The fraction of sp³-hybridized carbons (Fsp3) is 0.667. The Morgan fingerprint density at radius 2 is 2.50 bits per heavy atom. The molecule has 1 saturated carbocycles. The first-order valence-electron chi connectivity index (χ1n) is 4.43. The molecule has 1 atom stereocenters. The lowest BCUT2D eigenvalue weighted by molar-refractivity contribution is 0.585. The molecular formula is C9H14N2S. The maximum absolute atomic E-state index is 5.99. The molecule has 3 heteroatoms. The minimum atomic E-state index is 0.183. The smallest absolute Gasteiger partial charge is 0.0898 e. The van der Waals surface area contributed by atoms with E-state index < -0.39 is 0 Å². The van der Waals surface area contributed by atoms with Crippen LogP contribution in [0.3, 0.4) is 0 Å². The van der Waals surface area contributed by atoms with E-state index in [0.29, 0.717) is 0 Å². The summed E-state index contributed by atoms with van der Waals surface area (Å²) in [5.41, 5.74) is 7.08. The third-order valence-corrected chi connectivity index (χ3v) is 3.09. The summed E-state index contributed by atoms with van der Waals surface area (Å²) in [5, 5.41) is 3.21. The highest BCUT2D eigenvalue weighted by Gasteiger charge is 2.25. The number of hydrogen-bond acceptors (Lipinski definition) is 3. The van der Waals surface area contributed by atoms with Crippen molar-refractivity contribution >= 4 is 11.3 Å². The first-order chi connectivity index (χ1) is 5.75. The molecule has 1 aliphatic rings. The Hall–Kier alpha value is -0.410. The van der Waals surface area contributed by atoms with E-state index in [4.69, 9.17) is 5.73 Å². The largest absolute Gasteiger partial charge is 0.323 e. The monoisotopic (exact) mass is 182 g/mol. The van der Waals surface area contributed by atoms with Gasteiger partial charge in [-0.25, -0.2) is 4.98 Å². The molecule has 0 bridgehead atoms. The molecule has 0 aromatic carbocycles. The first kappa shape index (κ1) is 8.20. The Labute approximate surface area is 76.8 Å². The van der Waals surface area contributed by atoms with Crippen molar-refractivity contribution in [3.63, 3.8) is 0 Å². The minimum absolute atomic E-state index is 0.183. The van der Waals surface area contributed by atoms with Crippen LogP contribution in [0.5, 0.6) is 0 Å². The Bertz CT molecular complexity index is 265. The molecule has 0 spiro atoms. The van der Waals surface area contributed by atoms with Gasteiger partial charge in [-0.3, -0.25) is 0 Å². The van der Waals surface area contributed by atoms with Gasteiger partial charge in [-0.05, 0) is 19.3 Å². The van der Waals surface area contributed by atoms with E-state index in [9.17, 15) is 0 Å². The molecule has 1 aromatic rings. The molecule has 0 aliphatic heterocycles. The van der Waals surface area contributed by atoms with Gasteiger partial charge in [0.1, 0.15) is 0 Å². The lowest BCUT2D eigenvalue weighted by atomic mass is 10.1.